The number of carbonyl (C=O) groups excluding carboxylic acids is 4. The second-order valence-electron chi connectivity index (χ2n) is 6.38. The lowest BCUT2D eigenvalue weighted by Gasteiger charge is -2.09. The van der Waals surface area contributed by atoms with Crippen molar-refractivity contribution >= 4 is 29.4 Å². The Labute approximate surface area is 165 Å². The predicted molar refractivity (Wildman–Crippen MR) is 102 cm³/mol. The molecule has 2 aromatic carbocycles. The molecule has 0 bridgehead atoms. The number of fused-ring (bicyclic) bond motifs is 1. The van der Waals surface area contributed by atoms with Crippen LogP contribution in [0.4, 0.5) is 10.1 Å². The van der Waals surface area contributed by atoms with Gasteiger partial charge in [-0.2, -0.15) is 0 Å². The van der Waals surface area contributed by atoms with Crippen LogP contribution in [0.15, 0.2) is 49.1 Å². The monoisotopic (exact) mass is 396 g/mol. The van der Waals surface area contributed by atoms with Gasteiger partial charge in [0, 0.05) is 6.54 Å². The van der Waals surface area contributed by atoms with Crippen molar-refractivity contribution in [3.8, 4) is 0 Å². The average Bonchev–Trinajstić information content (AvgIpc) is 2.93. The normalized spacial score (nSPS) is 12.6. The topological polar surface area (TPSA) is 92.8 Å². The molecule has 0 atom stereocenters. The molecule has 2 aromatic rings. The van der Waals surface area contributed by atoms with E-state index in [1.807, 2.05) is 0 Å². The highest BCUT2D eigenvalue weighted by Crippen LogP contribution is 2.24. The molecule has 1 N–H and O–H groups in total. The van der Waals surface area contributed by atoms with Crippen molar-refractivity contribution in [1.82, 2.24) is 4.90 Å². The number of esters is 1. The molecule has 0 aromatic heterocycles. The van der Waals surface area contributed by atoms with Gasteiger partial charge < -0.3 is 10.1 Å². The molecular weight excluding hydrogens is 379 g/mol. The molecule has 1 heterocycles. The molecule has 3 rings (SSSR count). The van der Waals surface area contributed by atoms with E-state index in [2.05, 4.69) is 11.9 Å². The first kappa shape index (κ1) is 19.9. The van der Waals surface area contributed by atoms with Crippen molar-refractivity contribution in [2.45, 2.75) is 6.92 Å². The van der Waals surface area contributed by atoms with Crippen molar-refractivity contribution < 1.29 is 28.3 Å². The minimum atomic E-state index is -0.852. The van der Waals surface area contributed by atoms with Crippen LogP contribution < -0.4 is 5.32 Å². The summed E-state index contributed by atoms with van der Waals surface area (Å²) >= 11 is 0. The molecule has 0 saturated heterocycles. The smallest absolute Gasteiger partial charge is 0.338 e. The number of aryl methyl sites for hydroxylation is 1. The third-order valence-electron chi connectivity index (χ3n) is 4.25. The first-order valence-electron chi connectivity index (χ1n) is 8.66. The van der Waals surface area contributed by atoms with E-state index in [9.17, 15) is 23.6 Å². The Bertz CT molecular complexity index is 1050. The van der Waals surface area contributed by atoms with Gasteiger partial charge in [0.2, 0.25) is 0 Å². The number of benzene rings is 2. The first-order chi connectivity index (χ1) is 13.8. The van der Waals surface area contributed by atoms with Crippen LogP contribution in [0.1, 0.15) is 36.6 Å². The third-order valence-corrected chi connectivity index (χ3v) is 4.25. The zero-order chi connectivity index (χ0) is 21.1. The van der Waals surface area contributed by atoms with E-state index in [0.29, 0.717) is 5.56 Å². The fourth-order valence-corrected chi connectivity index (χ4v) is 2.83. The predicted octanol–water partition coefficient (Wildman–Crippen LogP) is 2.71. The summed E-state index contributed by atoms with van der Waals surface area (Å²) in [7, 11) is 0. The summed E-state index contributed by atoms with van der Waals surface area (Å²) in [6, 6.07) is 8.24. The summed E-state index contributed by atoms with van der Waals surface area (Å²) in [6.45, 7) is 4.63. The molecule has 7 nitrogen and oxygen atoms in total. The second-order valence-corrected chi connectivity index (χ2v) is 6.38. The molecule has 3 amide bonds. The van der Waals surface area contributed by atoms with E-state index < -0.39 is 36.1 Å². The minimum absolute atomic E-state index is 0.0136. The van der Waals surface area contributed by atoms with Gasteiger partial charge in [-0.25, -0.2) is 9.18 Å². The maximum atomic E-state index is 13.8. The molecule has 0 spiro atoms. The highest BCUT2D eigenvalue weighted by Gasteiger charge is 2.35. The van der Waals surface area contributed by atoms with Crippen LogP contribution in [-0.2, 0) is 9.53 Å². The number of amides is 3. The molecule has 0 saturated carbocycles. The molecule has 0 fully saturated rings. The molecule has 0 unspecified atom stereocenters. The van der Waals surface area contributed by atoms with Crippen molar-refractivity contribution in [2.75, 3.05) is 18.5 Å². The Morgan fingerprint density at radius 1 is 1.14 bits per heavy atom. The lowest BCUT2D eigenvalue weighted by atomic mass is 10.1. The van der Waals surface area contributed by atoms with Crippen molar-refractivity contribution in [3.63, 3.8) is 0 Å². The molecular formula is C21H17FN2O5. The number of hydrogen-bond acceptors (Lipinski definition) is 5. The summed E-state index contributed by atoms with van der Waals surface area (Å²) in [5.41, 5.74) is 0.946. The molecule has 1 aliphatic rings. The van der Waals surface area contributed by atoms with E-state index in [1.54, 1.807) is 13.0 Å². The Hall–Kier alpha value is -3.81. The molecule has 1 aliphatic heterocycles. The number of halogens is 1. The molecule has 29 heavy (non-hydrogen) atoms. The van der Waals surface area contributed by atoms with E-state index in [1.165, 1.54) is 36.4 Å². The summed E-state index contributed by atoms with van der Waals surface area (Å²) in [4.78, 5) is 49.6. The number of nitrogens with zero attached hydrogens (tertiary/aromatic N) is 1. The first-order valence-corrected chi connectivity index (χ1v) is 8.66. The number of carbonyl (C=O) groups is 4. The maximum absolute atomic E-state index is 13.8. The van der Waals surface area contributed by atoms with Crippen LogP contribution in [0, 0.1) is 12.7 Å². The minimum Gasteiger partial charge on any atom is -0.452 e. The van der Waals surface area contributed by atoms with Crippen molar-refractivity contribution in [1.29, 1.82) is 0 Å². The number of hydrogen-bond donors (Lipinski definition) is 1. The van der Waals surface area contributed by atoms with Crippen LogP contribution >= 0.6 is 0 Å². The second kappa shape index (κ2) is 8.05. The van der Waals surface area contributed by atoms with Gasteiger partial charge >= 0.3 is 5.97 Å². The Balaban J connectivity index is 1.65. The van der Waals surface area contributed by atoms with Crippen molar-refractivity contribution in [2.24, 2.45) is 0 Å². The lowest BCUT2D eigenvalue weighted by Crippen LogP contribution is -2.29. The number of nitrogens with one attached hydrogen (secondary N) is 1. The van der Waals surface area contributed by atoms with Gasteiger partial charge in [0.15, 0.2) is 6.61 Å². The third kappa shape index (κ3) is 4.06. The highest BCUT2D eigenvalue weighted by molar-refractivity contribution is 6.22. The number of rotatable bonds is 6. The standard InChI is InChI=1S/C21H17FN2O5/c1-3-8-24-19(26)14-6-5-13(10-15(14)20(24)27)21(28)29-11-18(25)23-17-7-4-12(2)9-16(17)22/h3-7,9-10H,1,8,11H2,2H3,(H,23,25). The zero-order valence-electron chi connectivity index (χ0n) is 15.5. The van der Waals surface area contributed by atoms with Crippen LogP contribution in [0.25, 0.3) is 0 Å². The van der Waals surface area contributed by atoms with Gasteiger partial charge in [-0.05, 0) is 42.8 Å². The summed E-state index contributed by atoms with van der Waals surface area (Å²) in [5.74, 6) is -3.17. The fourth-order valence-electron chi connectivity index (χ4n) is 2.83. The van der Waals surface area contributed by atoms with E-state index >= 15 is 0 Å². The SMILES string of the molecule is C=CCN1C(=O)c2ccc(C(=O)OCC(=O)Nc3ccc(C)cc3F)cc2C1=O. The summed E-state index contributed by atoms with van der Waals surface area (Å²) in [6.07, 6.45) is 1.42. The maximum Gasteiger partial charge on any atom is 0.338 e. The lowest BCUT2D eigenvalue weighted by molar-refractivity contribution is -0.119. The van der Waals surface area contributed by atoms with Crippen LogP contribution in [0.5, 0.6) is 0 Å². The van der Waals surface area contributed by atoms with Crippen LogP contribution in [0.3, 0.4) is 0 Å². The van der Waals surface area contributed by atoms with Gasteiger partial charge in [-0.3, -0.25) is 19.3 Å². The number of imide groups is 1. The van der Waals surface area contributed by atoms with Gasteiger partial charge in [-0.15, -0.1) is 6.58 Å². The van der Waals surface area contributed by atoms with E-state index in [4.69, 9.17) is 4.74 Å². The number of anilines is 1. The largest absolute Gasteiger partial charge is 0.452 e. The van der Waals surface area contributed by atoms with Gasteiger partial charge in [0.05, 0.1) is 22.4 Å². The zero-order valence-corrected chi connectivity index (χ0v) is 15.5. The summed E-state index contributed by atoms with van der Waals surface area (Å²) < 4.78 is 18.7. The Morgan fingerprint density at radius 2 is 1.86 bits per heavy atom. The molecule has 8 heteroatoms. The van der Waals surface area contributed by atoms with Gasteiger partial charge in [-0.1, -0.05) is 12.1 Å². The quantitative estimate of drug-likeness (QED) is 0.460. The molecule has 148 valence electrons. The van der Waals surface area contributed by atoms with E-state index in [-0.39, 0.29) is 28.9 Å². The molecule has 0 aliphatic carbocycles. The summed E-state index contributed by atoms with van der Waals surface area (Å²) in [5, 5.41) is 2.31. The Kier molecular flexibility index (Phi) is 5.54. The van der Waals surface area contributed by atoms with Crippen molar-refractivity contribution in [3.05, 3.63) is 77.1 Å². The van der Waals surface area contributed by atoms with Gasteiger partial charge in [0.1, 0.15) is 5.82 Å². The van der Waals surface area contributed by atoms with Crippen LogP contribution in [-0.4, -0.2) is 41.7 Å². The molecule has 0 radical (unpaired) electrons. The van der Waals surface area contributed by atoms with Crippen LogP contribution in [0.2, 0.25) is 0 Å². The average molecular weight is 396 g/mol. The highest BCUT2D eigenvalue weighted by atomic mass is 19.1. The number of ether oxygens (including phenoxy) is 1. The fraction of sp³-hybridized carbons (Fsp3) is 0.143. The Morgan fingerprint density at radius 3 is 2.55 bits per heavy atom. The van der Waals surface area contributed by atoms with Gasteiger partial charge in [0.25, 0.3) is 17.7 Å². The van der Waals surface area contributed by atoms with E-state index in [0.717, 1.165) is 4.90 Å².